The van der Waals surface area contributed by atoms with Gasteiger partial charge >= 0.3 is 0 Å². The summed E-state index contributed by atoms with van der Waals surface area (Å²) in [5.74, 6) is 1.57. The maximum absolute atomic E-state index is 12.9. The van der Waals surface area contributed by atoms with Gasteiger partial charge in [0.2, 0.25) is 5.95 Å². The van der Waals surface area contributed by atoms with Gasteiger partial charge in [-0.25, -0.2) is 0 Å². The predicted octanol–water partition coefficient (Wildman–Crippen LogP) is 2.99. The molecule has 128 valence electrons. The van der Waals surface area contributed by atoms with Crippen LogP contribution < -0.4 is 4.90 Å². The summed E-state index contributed by atoms with van der Waals surface area (Å²) < 4.78 is 0.948. The van der Waals surface area contributed by atoms with Crippen LogP contribution in [0.5, 0.6) is 0 Å². The van der Waals surface area contributed by atoms with E-state index in [0.29, 0.717) is 24.6 Å². The predicted molar refractivity (Wildman–Crippen MR) is 101 cm³/mol. The number of aromatic amines is 1. The summed E-state index contributed by atoms with van der Waals surface area (Å²) in [5, 5.41) is 9.23. The van der Waals surface area contributed by atoms with E-state index in [-0.39, 0.29) is 5.91 Å². The Hall–Kier alpha value is -2.41. The lowest BCUT2D eigenvalue weighted by Gasteiger charge is -2.34. The zero-order chi connectivity index (χ0) is 17.4. The Kier molecular flexibility index (Phi) is 4.17. The molecule has 25 heavy (non-hydrogen) atoms. The minimum Gasteiger partial charge on any atom is -0.336 e. The van der Waals surface area contributed by atoms with Crippen LogP contribution in [0.25, 0.3) is 10.8 Å². The van der Waals surface area contributed by atoms with Crippen LogP contribution in [-0.2, 0) is 0 Å². The van der Waals surface area contributed by atoms with Crippen LogP contribution >= 0.6 is 15.9 Å². The molecule has 0 atom stereocenters. The number of hydrogen-bond donors (Lipinski definition) is 1. The zero-order valence-corrected chi connectivity index (χ0v) is 15.5. The van der Waals surface area contributed by atoms with Crippen LogP contribution in [0.3, 0.4) is 0 Å². The van der Waals surface area contributed by atoms with Crippen LogP contribution in [0.1, 0.15) is 16.2 Å². The molecule has 2 aromatic carbocycles. The number of carbonyl (C=O) groups excluding carboxylic acids is 1. The van der Waals surface area contributed by atoms with Gasteiger partial charge in [-0.3, -0.25) is 9.89 Å². The molecule has 0 spiro atoms. The van der Waals surface area contributed by atoms with Crippen LogP contribution in [-0.4, -0.2) is 52.2 Å². The molecule has 1 N–H and O–H groups in total. The first kappa shape index (κ1) is 16.1. The highest BCUT2D eigenvalue weighted by atomic mass is 79.9. The Bertz CT molecular complexity index is 930. The van der Waals surface area contributed by atoms with Crippen LogP contribution in [0.4, 0.5) is 5.95 Å². The first-order chi connectivity index (χ1) is 12.1. The second-order valence-electron chi connectivity index (χ2n) is 6.18. The van der Waals surface area contributed by atoms with E-state index in [2.05, 4.69) is 36.0 Å². The summed E-state index contributed by atoms with van der Waals surface area (Å²) in [6, 6.07) is 11.9. The summed E-state index contributed by atoms with van der Waals surface area (Å²) in [7, 11) is 0. The van der Waals surface area contributed by atoms with E-state index in [0.717, 1.165) is 34.2 Å². The molecule has 0 saturated carbocycles. The van der Waals surface area contributed by atoms with Crippen molar-refractivity contribution in [2.75, 3.05) is 31.1 Å². The van der Waals surface area contributed by atoms with Gasteiger partial charge in [0.05, 0.1) is 0 Å². The number of carbonyl (C=O) groups is 1. The topological polar surface area (TPSA) is 65.1 Å². The third-order valence-corrected chi connectivity index (χ3v) is 5.15. The highest BCUT2D eigenvalue weighted by Gasteiger charge is 2.24. The van der Waals surface area contributed by atoms with E-state index < -0.39 is 0 Å². The van der Waals surface area contributed by atoms with Crippen molar-refractivity contribution >= 4 is 38.6 Å². The number of piperazine rings is 1. The SMILES string of the molecule is Cc1nc(N2CCN(C(=O)c3cc(Br)c4ccccc4c3)CC2)n[nH]1. The van der Waals surface area contributed by atoms with Crippen molar-refractivity contribution in [1.82, 2.24) is 20.1 Å². The summed E-state index contributed by atoms with van der Waals surface area (Å²) in [5.41, 5.74) is 0.716. The fourth-order valence-corrected chi connectivity index (χ4v) is 3.76. The number of halogens is 1. The quantitative estimate of drug-likeness (QED) is 0.719. The van der Waals surface area contributed by atoms with Crippen LogP contribution in [0.15, 0.2) is 40.9 Å². The van der Waals surface area contributed by atoms with Gasteiger partial charge in [-0.15, -0.1) is 5.10 Å². The molecule has 6 nitrogen and oxygen atoms in total. The Morgan fingerprint density at radius 2 is 1.92 bits per heavy atom. The van der Waals surface area contributed by atoms with E-state index in [4.69, 9.17) is 0 Å². The highest BCUT2D eigenvalue weighted by molar-refractivity contribution is 9.10. The van der Waals surface area contributed by atoms with Crippen molar-refractivity contribution in [2.24, 2.45) is 0 Å². The maximum Gasteiger partial charge on any atom is 0.254 e. The second-order valence-corrected chi connectivity index (χ2v) is 7.03. The standard InChI is InChI=1S/C18H18BrN5O/c1-12-20-18(22-21-12)24-8-6-23(7-9-24)17(25)14-10-13-4-2-3-5-15(13)16(19)11-14/h2-5,10-11H,6-9H2,1H3,(H,20,21,22). The first-order valence-electron chi connectivity index (χ1n) is 8.23. The average molecular weight is 400 g/mol. The Balaban J connectivity index is 1.50. The lowest BCUT2D eigenvalue weighted by atomic mass is 10.1. The number of hydrogen-bond acceptors (Lipinski definition) is 4. The van der Waals surface area contributed by atoms with Crippen LogP contribution in [0.2, 0.25) is 0 Å². The van der Waals surface area contributed by atoms with Gasteiger partial charge in [-0.1, -0.05) is 40.2 Å². The number of nitrogens with one attached hydrogen (secondary N) is 1. The van der Waals surface area contributed by atoms with Crippen molar-refractivity contribution in [1.29, 1.82) is 0 Å². The molecular formula is C18H18BrN5O. The van der Waals surface area contributed by atoms with Gasteiger partial charge in [-0.2, -0.15) is 4.98 Å². The van der Waals surface area contributed by atoms with Gasteiger partial charge in [0, 0.05) is 36.2 Å². The molecule has 1 aromatic heterocycles. The molecule has 2 heterocycles. The third kappa shape index (κ3) is 3.11. The first-order valence-corrected chi connectivity index (χ1v) is 9.02. The number of anilines is 1. The van der Waals surface area contributed by atoms with E-state index >= 15 is 0 Å². The number of fused-ring (bicyclic) bond motifs is 1. The van der Waals surface area contributed by atoms with Crippen molar-refractivity contribution in [3.8, 4) is 0 Å². The van der Waals surface area contributed by atoms with Crippen molar-refractivity contribution < 1.29 is 4.79 Å². The Morgan fingerprint density at radius 1 is 1.16 bits per heavy atom. The molecule has 0 unspecified atom stereocenters. The largest absolute Gasteiger partial charge is 0.336 e. The molecule has 1 saturated heterocycles. The molecule has 3 aromatic rings. The van der Waals surface area contributed by atoms with Gasteiger partial charge < -0.3 is 9.80 Å². The maximum atomic E-state index is 12.9. The van der Waals surface area contributed by atoms with Gasteiger partial charge in [-0.05, 0) is 29.8 Å². The number of nitrogens with zero attached hydrogens (tertiary/aromatic N) is 4. The van der Waals surface area contributed by atoms with E-state index in [1.165, 1.54) is 0 Å². The molecule has 0 aliphatic carbocycles. The second kappa shape index (κ2) is 6.48. The van der Waals surface area contributed by atoms with E-state index in [1.807, 2.05) is 48.2 Å². The van der Waals surface area contributed by atoms with Gasteiger partial charge in [0.15, 0.2) is 0 Å². The number of H-pyrrole nitrogens is 1. The smallest absolute Gasteiger partial charge is 0.254 e. The lowest BCUT2D eigenvalue weighted by Crippen LogP contribution is -2.49. The minimum absolute atomic E-state index is 0.0669. The van der Waals surface area contributed by atoms with Crippen molar-refractivity contribution in [3.05, 3.63) is 52.3 Å². The Labute approximate surface area is 154 Å². The fraction of sp³-hybridized carbons (Fsp3) is 0.278. The minimum atomic E-state index is 0.0669. The highest BCUT2D eigenvalue weighted by Crippen LogP contribution is 2.26. The van der Waals surface area contributed by atoms with Crippen molar-refractivity contribution in [2.45, 2.75) is 6.92 Å². The molecule has 0 radical (unpaired) electrons. The molecule has 0 bridgehead atoms. The monoisotopic (exact) mass is 399 g/mol. The molecule has 1 amide bonds. The van der Waals surface area contributed by atoms with Crippen molar-refractivity contribution in [3.63, 3.8) is 0 Å². The summed E-state index contributed by atoms with van der Waals surface area (Å²) >= 11 is 3.58. The molecule has 1 aliphatic rings. The molecule has 1 aliphatic heterocycles. The summed E-state index contributed by atoms with van der Waals surface area (Å²) in [4.78, 5) is 21.2. The summed E-state index contributed by atoms with van der Waals surface area (Å²) in [6.45, 7) is 4.68. The number of aromatic nitrogens is 3. The Morgan fingerprint density at radius 3 is 2.64 bits per heavy atom. The molecular weight excluding hydrogens is 382 g/mol. The number of benzene rings is 2. The number of aryl methyl sites for hydroxylation is 1. The summed E-state index contributed by atoms with van der Waals surface area (Å²) in [6.07, 6.45) is 0. The lowest BCUT2D eigenvalue weighted by molar-refractivity contribution is 0.0746. The third-order valence-electron chi connectivity index (χ3n) is 4.49. The number of amides is 1. The van der Waals surface area contributed by atoms with Crippen LogP contribution in [0, 0.1) is 6.92 Å². The molecule has 1 fully saturated rings. The zero-order valence-electron chi connectivity index (χ0n) is 13.9. The fourth-order valence-electron chi connectivity index (χ4n) is 3.15. The molecule has 7 heteroatoms. The van der Waals surface area contributed by atoms with E-state index in [9.17, 15) is 4.79 Å². The number of rotatable bonds is 2. The normalized spacial score (nSPS) is 15.0. The van der Waals surface area contributed by atoms with Gasteiger partial charge in [0.1, 0.15) is 5.82 Å². The average Bonchev–Trinajstić information content (AvgIpc) is 3.07. The molecule has 4 rings (SSSR count). The van der Waals surface area contributed by atoms with E-state index in [1.54, 1.807) is 0 Å². The van der Waals surface area contributed by atoms with Gasteiger partial charge in [0.25, 0.3) is 5.91 Å².